The minimum Gasteiger partial charge on any atom is -0.490 e. The molecule has 0 aliphatic carbocycles. The largest absolute Gasteiger partial charge is 0.490 e. The van der Waals surface area contributed by atoms with Crippen LogP contribution < -0.4 is 15.0 Å². The molecule has 0 saturated carbocycles. The van der Waals surface area contributed by atoms with Gasteiger partial charge in [-0.2, -0.15) is 4.98 Å². The molecule has 1 unspecified atom stereocenters. The van der Waals surface area contributed by atoms with Crippen molar-refractivity contribution >= 4 is 0 Å². The standard InChI is InChI=1S/C21H20N2O4/c24-11-10-17-12-20(25)22-21-23(17)13-19(27-21)14-26-18-8-6-16(7-9-18)15-4-2-1-3-5-15/h1-9,12,19,24H,10-11,13-14H2. The molecule has 1 N–H and O–H groups in total. The second-order valence-corrected chi connectivity index (χ2v) is 6.39. The van der Waals surface area contributed by atoms with E-state index >= 15 is 0 Å². The first-order valence-corrected chi connectivity index (χ1v) is 8.89. The first-order valence-electron chi connectivity index (χ1n) is 8.89. The zero-order valence-corrected chi connectivity index (χ0v) is 14.7. The van der Waals surface area contributed by atoms with Gasteiger partial charge in [-0.15, -0.1) is 0 Å². The van der Waals surface area contributed by atoms with Gasteiger partial charge in [-0.3, -0.25) is 9.36 Å². The fraction of sp³-hybridized carbons (Fsp3) is 0.238. The van der Waals surface area contributed by atoms with Gasteiger partial charge >= 0.3 is 0 Å². The van der Waals surface area contributed by atoms with Gasteiger partial charge in [0, 0.05) is 24.8 Å². The molecule has 1 aliphatic heterocycles. The maximum Gasteiger partial charge on any atom is 0.300 e. The van der Waals surface area contributed by atoms with E-state index in [1.54, 1.807) is 0 Å². The SMILES string of the molecule is O=c1cc(CCO)n2c(n1)OC(COc1ccc(-c3ccccc3)cc1)C2. The van der Waals surface area contributed by atoms with E-state index < -0.39 is 0 Å². The molecule has 1 aromatic heterocycles. The molecule has 1 aliphatic rings. The van der Waals surface area contributed by atoms with Crippen molar-refractivity contribution in [1.29, 1.82) is 0 Å². The normalized spacial score (nSPS) is 15.2. The van der Waals surface area contributed by atoms with E-state index in [9.17, 15) is 4.79 Å². The zero-order chi connectivity index (χ0) is 18.6. The van der Waals surface area contributed by atoms with Gasteiger partial charge in [0.05, 0.1) is 6.54 Å². The molecule has 0 spiro atoms. The Morgan fingerprint density at radius 2 is 1.85 bits per heavy atom. The second-order valence-electron chi connectivity index (χ2n) is 6.39. The monoisotopic (exact) mass is 364 g/mol. The molecular formula is C21H20N2O4. The van der Waals surface area contributed by atoms with Crippen molar-refractivity contribution in [1.82, 2.24) is 9.55 Å². The molecule has 0 fully saturated rings. The van der Waals surface area contributed by atoms with E-state index in [2.05, 4.69) is 17.1 Å². The van der Waals surface area contributed by atoms with Crippen LogP contribution in [0.5, 0.6) is 11.8 Å². The summed E-state index contributed by atoms with van der Waals surface area (Å²) in [6.45, 7) is 0.860. The molecule has 3 aromatic rings. The Hall–Kier alpha value is -3.12. The first kappa shape index (κ1) is 17.3. The summed E-state index contributed by atoms with van der Waals surface area (Å²) in [6.07, 6.45) is 0.161. The molecule has 0 radical (unpaired) electrons. The number of aromatic nitrogens is 2. The van der Waals surface area contributed by atoms with Crippen molar-refractivity contribution in [2.75, 3.05) is 13.2 Å². The highest BCUT2D eigenvalue weighted by atomic mass is 16.6. The molecule has 4 rings (SSSR count). The number of nitrogens with zero attached hydrogens (tertiary/aromatic N) is 2. The molecule has 2 aromatic carbocycles. The Balaban J connectivity index is 1.40. The Kier molecular flexibility index (Phi) is 4.89. The lowest BCUT2D eigenvalue weighted by molar-refractivity contribution is 0.143. The number of rotatable bonds is 6. The lowest BCUT2D eigenvalue weighted by atomic mass is 10.1. The number of aliphatic hydroxyl groups excluding tert-OH is 1. The van der Waals surface area contributed by atoms with Crippen LogP contribution in [0.15, 0.2) is 65.5 Å². The Morgan fingerprint density at radius 3 is 2.59 bits per heavy atom. The topological polar surface area (TPSA) is 73.6 Å². The smallest absolute Gasteiger partial charge is 0.300 e. The van der Waals surface area contributed by atoms with Crippen molar-refractivity contribution in [3.63, 3.8) is 0 Å². The number of ether oxygens (including phenoxy) is 2. The number of hydrogen-bond donors (Lipinski definition) is 1. The lowest BCUT2D eigenvalue weighted by Gasteiger charge is -2.11. The molecular weight excluding hydrogens is 344 g/mol. The molecule has 0 saturated heterocycles. The van der Waals surface area contributed by atoms with Crippen molar-refractivity contribution in [3.8, 4) is 22.9 Å². The van der Waals surface area contributed by atoms with Crippen molar-refractivity contribution in [3.05, 3.63) is 76.7 Å². The molecule has 0 bridgehead atoms. The van der Waals surface area contributed by atoms with Crippen LogP contribution in [0.4, 0.5) is 0 Å². The summed E-state index contributed by atoms with van der Waals surface area (Å²) in [5.74, 6) is 0.757. The van der Waals surface area contributed by atoms with Crippen LogP contribution in [0.3, 0.4) is 0 Å². The zero-order valence-electron chi connectivity index (χ0n) is 14.7. The van der Waals surface area contributed by atoms with Gasteiger partial charge in [0.25, 0.3) is 11.6 Å². The molecule has 138 valence electrons. The highest BCUT2D eigenvalue weighted by Gasteiger charge is 2.26. The van der Waals surface area contributed by atoms with Crippen LogP contribution in [0.2, 0.25) is 0 Å². The third-order valence-corrected chi connectivity index (χ3v) is 4.50. The van der Waals surface area contributed by atoms with Crippen LogP contribution in [0, 0.1) is 0 Å². The highest BCUT2D eigenvalue weighted by Crippen LogP contribution is 2.24. The molecule has 1 atom stereocenters. The van der Waals surface area contributed by atoms with Gasteiger partial charge in [-0.25, -0.2) is 0 Å². The summed E-state index contributed by atoms with van der Waals surface area (Å²) in [6, 6.07) is 19.8. The first-order chi connectivity index (χ1) is 13.2. The average Bonchev–Trinajstić information content (AvgIpc) is 3.11. The highest BCUT2D eigenvalue weighted by molar-refractivity contribution is 5.63. The maximum absolute atomic E-state index is 11.6. The minimum atomic E-state index is -0.359. The van der Waals surface area contributed by atoms with Gasteiger partial charge in [-0.05, 0) is 23.3 Å². The summed E-state index contributed by atoms with van der Waals surface area (Å²) < 4.78 is 13.4. The number of benzene rings is 2. The molecule has 6 nitrogen and oxygen atoms in total. The Labute approximate surface area is 156 Å². The summed E-state index contributed by atoms with van der Waals surface area (Å²) in [4.78, 5) is 15.5. The van der Waals surface area contributed by atoms with Crippen LogP contribution in [-0.4, -0.2) is 34.0 Å². The number of fused-ring (bicyclic) bond motifs is 1. The van der Waals surface area contributed by atoms with E-state index in [1.807, 2.05) is 47.0 Å². The van der Waals surface area contributed by atoms with Crippen molar-refractivity contribution in [2.45, 2.75) is 19.1 Å². The van der Waals surface area contributed by atoms with Gasteiger partial charge in [0.15, 0.2) is 6.10 Å². The predicted molar refractivity (Wildman–Crippen MR) is 101 cm³/mol. The molecule has 27 heavy (non-hydrogen) atoms. The van der Waals surface area contributed by atoms with Crippen LogP contribution in [0.1, 0.15) is 5.69 Å². The fourth-order valence-corrected chi connectivity index (χ4v) is 3.18. The quantitative estimate of drug-likeness (QED) is 0.726. The van der Waals surface area contributed by atoms with E-state index in [4.69, 9.17) is 14.6 Å². The lowest BCUT2D eigenvalue weighted by Crippen LogP contribution is -2.23. The second kappa shape index (κ2) is 7.63. The van der Waals surface area contributed by atoms with Gasteiger partial charge in [0.1, 0.15) is 12.4 Å². The van der Waals surface area contributed by atoms with Gasteiger partial charge in [0.2, 0.25) is 0 Å². The third-order valence-electron chi connectivity index (χ3n) is 4.50. The van der Waals surface area contributed by atoms with E-state index in [1.165, 1.54) is 6.07 Å². The van der Waals surface area contributed by atoms with Gasteiger partial charge in [-0.1, -0.05) is 42.5 Å². The summed E-state index contributed by atoms with van der Waals surface area (Å²) in [5, 5.41) is 9.16. The van der Waals surface area contributed by atoms with Crippen molar-refractivity contribution in [2.24, 2.45) is 0 Å². The van der Waals surface area contributed by atoms with E-state index in [0.717, 1.165) is 22.6 Å². The minimum absolute atomic E-state index is 0.0299. The van der Waals surface area contributed by atoms with E-state index in [0.29, 0.717) is 25.6 Å². The van der Waals surface area contributed by atoms with Crippen LogP contribution in [0.25, 0.3) is 11.1 Å². The molecule has 2 heterocycles. The van der Waals surface area contributed by atoms with Crippen LogP contribution in [-0.2, 0) is 13.0 Å². The number of aliphatic hydroxyl groups is 1. The number of hydrogen-bond acceptors (Lipinski definition) is 5. The van der Waals surface area contributed by atoms with E-state index in [-0.39, 0.29) is 18.3 Å². The van der Waals surface area contributed by atoms with Gasteiger partial charge < -0.3 is 14.6 Å². The predicted octanol–water partition coefficient (Wildman–Crippen LogP) is 2.29. The summed E-state index contributed by atoms with van der Waals surface area (Å²) >= 11 is 0. The third kappa shape index (κ3) is 3.85. The fourth-order valence-electron chi connectivity index (χ4n) is 3.18. The Morgan fingerprint density at radius 1 is 1.11 bits per heavy atom. The van der Waals surface area contributed by atoms with Crippen molar-refractivity contribution < 1.29 is 14.6 Å². The summed E-state index contributed by atoms with van der Waals surface area (Å²) in [7, 11) is 0. The summed E-state index contributed by atoms with van der Waals surface area (Å²) in [5.41, 5.74) is 2.65. The Bertz CT molecular complexity index is 968. The molecule has 0 amide bonds. The molecule has 6 heteroatoms. The van der Waals surface area contributed by atoms with Crippen LogP contribution >= 0.6 is 0 Å². The maximum atomic E-state index is 11.6. The average molecular weight is 364 g/mol.